The molecule has 0 aromatic carbocycles. The van der Waals surface area contributed by atoms with Gasteiger partial charge in [0.15, 0.2) is 0 Å². The second-order valence-electron chi connectivity index (χ2n) is 2.56. The maximum Gasteiger partial charge on any atom is 0.336 e. The van der Waals surface area contributed by atoms with Crippen molar-refractivity contribution in [1.82, 2.24) is 4.98 Å². The van der Waals surface area contributed by atoms with Gasteiger partial charge in [-0.1, -0.05) is 6.07 Å². The van der Waals surface area contributed by atoms with E-state index in [-0.39, 0.29) is 5.97 Å². The van der Waals surface area contributed by atoms with Gasteiger partial charge in [-0.15, -0.1) is 0 Å². The lowest BCUT2D eigenvalue weighted by Crippen LogP contribution is -1.90. The first kappa shape index (κ1) is 7.73. The van der Waals surface area contributed by atoms with Crippen LogP contribution in [-0.2, 0) is 9.53 Å². The first-order chi connectivity index (χ1) is 6.34. The molecule has 0 radical (unpaired) electrons. The van der Waals surface area contributed by atoms with E-state index < -0.39 is 0 Å². The largest absolute Gasteiger partial charge is 0.423 e. The predicted octanol–water partition coefficient (Wildman–Crippen LogP) is 1.54. The summed E-state index contributed by atoms with van der Waals surface area (Å²) in [5, 5.41) is 0. The number of carbonyl (C=O) groups excluding carboxylic acids is 1. The first-order valence-corrected chi connectivity index (χ1v) is 3.87. The van der Waals surface area contributed by atoms with E-state index >= 15 is 0 Å². The Morgan fingerprint density at radius 3 is 2.85 bits per heavy atom. The molecule has 64 valence electrons. The Morgan fingerprint density at radius 2 is 2.23 bits per heavy atom. The van der Waals surface area contributed by atoms with E-state index in [1.165, 1.54) is 6.08 Å². The Morgan fingerprint density at radius 1 is 1.31 bits per heavy atom. The Hall–Kier alpha value is -1.90. The average molecular weight is 173 g/mol. The van der Waals surface area contributed by atoms with Crippen LogP contribution in [0.1, 0.15) is 5.69 Å². The van der Waals surface area contributed by atoms with Crippen LogP contribution in [0.15, 0.2) is 42.3 Å². The molecule has 0 fully saturated rings. The number of ether oxygens (including phenoxy) is 1. The van der Waals surface area contributed by atoms with E-state index in [9.17, 15) is 4.79 Å². The third-order valence-corrected chi connectivity index (χ3v) is 1.58. The number of hydrogen-bond donors (Lipinski definition) is 0. The van der Waals surface area contributed by atoms with Gasteiger partial charge in [-0.3, -0.25) is 4.98 Å². The molecule has 2 heterocycles. The molecule has 0 saturated carbocycles. The minimum absolute atomic E-state index is 0.331. The summed E-state index contributed by atoms with van der Waals surface area (Å²) in [6.07, 6.45) is 6.40. The number of hydrogen-bond acceptors (Lipinski definition) is 3. The molecule has 3 nitrogen and oxygen atoms in total. The minimum Gasteiger partial charge on any atom is -0.423 e. The summed E-state index contributed by atoms with van der Waals surface area (Å²) in [6.45, 7) is 0. The number of cyclic esters (lactones) is 1. The average Bonchev–Trinajstić information content (AvgIpc) is 2.53. The van der Waals surface area contributed by atoms with Crippen molar-refractivity contribution < 1.29 is 9.53 Å². The van der Waals surface area contributed by atoms with Crippen molar-refractivity contribution in [2.75, 3.05) is 0 Å². The van der Waals surface area contributed by atoms with E-state index in [1.54, 1.807) is 18.3 Å². The number of allylic oxidation sites excluding steroid dienone is 1. The van der Waals surface area contributed by atoms with Crippen molar-refractivity contribution in [3.8, 4) is 0 Å². The molecule has 0 unspecified atom stereocenters. The maximum atomic E-state index is 10.7. The highest BCUT2D eigenvalue weighted by Crippen LogP contribution is 2.12. The van der Waals surface area contributed by atoms with Crippen molar-refractivity contribution in [2.45, 2.75) is 0 Å². The number of aromatic nitrogens is 1. The molecular weight excluding hydrogens is 166 g/mol. The summed E-state index contributed by atoms with van der Waals surface area (Å²) in [5.74, 6) is 0.200. The Labute approximate surface area is 75.4 Å². The van der Waals surface area contributed by atoms with Gasteiger partial charge >= 0.3 is 5.97 Å². The molecule has 1 aromatic heterocycles. The molecule has 0 bridgehead atoms. The van der Waals surface area contributed by atoms with Gasteiger partial charge < -0.3 is 4.74 Å². The number of pyridine rings is 1. The summed E-state index contributed by atoms with van der Waals surface area (Å²) in [7, 11) is 0. The van der Waals surface area contributed by atoms with Crippen LogP contribution in [0.3, 0.4) is 0 Å². The zero-order valence-corrected chi connectivity index (χ0v) is 6.81. The summed E-state index contributed by atoms with van der Waals surface area (Å²) in [6, 6.07) is 5.55. The van der Waals surface area contributed by atoms with Crippen LogP contribution >= 0.6 is 0 Å². The fourth-order valence-electron chi connectivity index (χ4n) is 1.02. The molecule has 1 aliphatic rings. The lowest BCUT2D eigenvalue weighted by molar-refractivity contribution is -0.132. The zero-order chi connectivity index (χ0) is 9.10. The van der Waals surface area contributed by atoms with E-state index in [4.69, 9.17) is 4.74 Å². The molecule has 0 amide bonds. The highest BCUT2D eigenvalue weighted by atomic mass is 16.5. The second-order valence-corrected chi connectivity index (χ2v) is 2.56. The molecule has 0 spiro atoms. The Kier molecular flexibility index (Phi) is 1.92. The van der Waals surface area contributed by atoms with Crippen molar-refractivity contribution >= 4 is 12.0 Å². The second kappa shape index (κ2) is 3.23. The number of rotatable bonds is 1. The van der Waals surface area contributed by atoms with Gasteiger partial charge in [-0.05, 0) is 18.2 Å². The minimum atomic E-state index is -0.331. The Bertz CT molecular complexity index is 379. The fraction of sp³-hybridized carbons (Fsp3) is 0. The van der Waals surface area contributed by atoms with Gasteiger partial charge in [-0.25, -0.2) is 4.79 Å². The van der Waals surface area contributed by atoms with Crippen LogP contribution in [-0.4, -0.2) is 11.0 Å². The van der Waals surface area contributed by atoms with Crippen LogP contribution < -0.4 is 0 Å². The quantitative estimate of drug-likeness (QED) is 0.604. The Balaban J connectivity index is 2.23. The van der Waals surface area contributed by atoms with E-state index in [0.29, 0.717) is 5.76 Å². The van der Waals surface area contributed by atoms with Crippen LogP contribution in [0.25, 0.3) is 6.08 Å². The van der Waals surface area contributed by atoms with Crippen LogP contribution in [0.5, 0.6) is 0 Å². The van der Waals surface area contributed by atoms with Crippen molar-refractivity contribution in [1.29, 1.82) is 0 Å². The number of nitrogens with zero attached hydrogens (tertiary/aromatic N) is 1. The predicted molar refractivity (Wildman–Crippen MR) is 47.4 cm³/mol. The van der Waals surface area contributed by atoms with Crippen molar-refractivity contribution in [3.63, 3.8) is 0 Å². The highest BCUT2D eigenvalue weighted by Gasteiger charge is 2.08. The molecule has 0 atom stereocenters. The highest BCUT2D eigenvalue weighted by molar-refractivity contribution is 5.87. The van der Waals surface area contributed by atoms with E-state index in [0.717, 1.165) is 5.69 Å². The van der Waals surface area contributed by atoms with E-state index in [2.05, 4.69) is 4.98 Å². The molecule has 0 saturated heterocycles. The van der Waals surface area contributed by atoms with Gasteiger partial charge in [-0.2, -0.15) is 0 Å². The molecule has 1 aromatic rings. The van der Waals surface area contributed by atoms with Gasteiger partial charge in [0.1, 0.15) is 5.76 Å². The normalized spacial score (nSPS) is 17.8. The van der Waals surface area contributed by atoms with Gasteiger partial charge in [0, 0.05) is 18.3 Å². The summed E-state index contributed by atoms with van der Waals surface area (Å²) >= 11 is 0. The van der Waals surface area contributed by atoms with Crippen molar-refractivity contribution in [2.24, 2.45) is 0 Å². The number of carbonyl (C=O) groups is 1. The molecule has 13 heavy (non-hydrogen) atoms. The third-order valence-electron chi connectivity index (χ3n) is 1.58. The first-order valence-electron chi connectivity index (χ1n) is 3.87. The molecule has 2 rings (SSSR count). The van der Waals surface area contributed by atoms with Crippen LogP contribution in [0.4, 0.5) is 0 Å². The van der Waals surface area contributed by atoms with Gasteiger partial charge in [0.05, 0.1) is 5.69 Å². The topological polar surface area (TPSA) is 39.2 Å². The molecule has 0 N–H and O–H groups in total. The van der Waals surface area contributed by atoms with Crippen LogP contribution in [0.2, 0.25) is 0 Å². The molecule has 1 aliphatic heterocycles. The summed E-state index contributed by atoms with van der Waals surface area (Å²) in [4.78, 5) is 14.7. The van der Waals surface area contributed by atoms with Crippen molar-refractivity contribution in [3.05, 3.63) is 48.0 Å². The third kappa shape index (κ3) is 1.82. The smallest absolute Gasteiger partial charge is 0.336 e. The lowest BCUT2D eigenvalue weighted by Gasteiger charge is -1.94. The maximum absolute atomic E-state index is 10.7. The SMILES string of the molecule is O=C1C=C/C(=C/c2ccccn2)O1. The van der Waals surface area contributed by atoms with Crippen LogP contribution in [0, 0.1) is 0 Å². The lowest BCUT2D eigenvalue weighted by atomic mass is 10.3. The summed E-state index contributed by atoms with van der Waals surface area (Å²) in [5.41, 5.74) is 0.775. The monoisotopic (exact) mass is 173 g/mol. The van der Waals surface area contributed by atoms with Gasteiger partial charge in [0.25, 0.3) is 0 Å². The summed E-state index contributed by atoms with van der Waals surface area (Å²) < 4.78 is 4.84. The zero-order valence-electron chi connectivity index (χ0n) is 6.81. The number of esters is 1. The molecule has 0 aliphatic carbocycles. The molecule has 3 heteroatoms. The fourth-order valence-corrected chi connectivity index (χ4v) is 1.02. The van der Waals surface area contributed by atoms with Gasteiger partial charge in [0.2, 0.25) is 0 Å². The standard InChI is InChI=1S/C10H7NO2/c12-10-5-4-9(13-10)7-8-3-1-2-6-11-8/h1-7H/b9-7-. The van der Waals surface area contributed by atoms with E-state index in [1.807, 2.05) is 18.2 Å². The molecular formula is C10H7NO2.